The van der Waals surface area contributed by atoms with Gasteiger partial charge in [-0.05, 0) is 35.6 Å². The van der Waals surface area contributed by atoms with Crippen LogP contribution in [-0.2, 0) is 0 Å². The van der Waals surface area contributed by atoms with Crippen molar-refractivity contribution in [3.8, 4) is 5.75 Å². The molecule has 5 nitrogen and oxygen atoms in total. The van der Waals surface area contributed by atoms with E-state index < -0.39 is 4.92 Å². The lowest BCUT2D eigenvalue weighted by Crippen LogP contribution is -2.29. The molecular weight excluding hydrogens is 375 g/mol. The lowest BCUT2D eigenvalue weighted by Gasteiger charge is -2.38. The lowest BCUT2D eigenvalue weighted by atomic mass is 9.77. The Balaban J connectivity index is 1.82. The van der Waals surface area contributed by atoms with Crippen molar-refractivity contribution in [3.63, 3.8) is 0 Å². The second-order valence-corrected chi connectivity index (χ2v) is 7.27. The van der Waals surface area contributed by atoms with Gasteiger partial charge >= 0.3 is 5.69 Å². The number of nitro benzene ring substituents is 1. The molecule has 0 amide bonds. The van der Waals surface area contributed by atoms with Crippen LogP contribution in [0.15, 0.2) is 42.5 Å². The maximum atomic E-state index is 11.4. The van der Waals surface area contributed by atoms with Gasteiger partial charge in [-0.2, -0.15) is 0 Å². The molecule has 1 aliphatic carbocycles. The van der Waals surface area contributed by atoms with Gasteiger partial charge in [-0.1, -0.05) is 47.5 Å². The standard InChI is InChI=1S/C19H16Cl2N2O3/c1-26-16-8-5-10(9-15(16)23(24)25)18-12-4-2-3-11(12)13-6-7-14(20)17(21)19(13)22-18/h2-3,5-9,11-12,18,22H,4H2,1H3/t11-,12-,18+/m0/s1. The zero-order valence-corrected chi connectivity index (χ0v) is 15.4. The third-order valence-electron chi connectivity index (χ3n) is 5.19. The van der Waals surface area contributed by atoms with Crippen molar-refractivity contribution in [2.75, 3.05) is 12.4 Å². The number of benzene rings is 2. The molecule has 2 aromatic carbocycles. The van der Waals surface area contributed by atoms with Crippen molar-refractivity contribution >= 4 is 34.6 Å². The molecule has 7 heteroatoms. The van der Waals surface area contributed by atoms with Gasteiger partial charge in [-0.25, -0.2) is 0 Å². The maximum Gasteiger partial charge on any atom is 0.311 e. The summed E-state index contributed by atoms with van der Waals surface area (Å²) in [5.41, 5.74) is 2.70. The summed E-state index contributed by atoms with van der Waals surface area (Å²) >= 11 is 12.6. The Bertz CT molecular complexity index is 929. The van der Waals surface area contributed by atoms with Crippen LogP contribution in [0.2, 0.25) is 10.0 Å². The minimum absolute atomic E-state index is 0.0442. The smallest absolute Gasteiger partial charge is 0.311 e. The Morgan fingerprint density at radius 1 is 1.27 bits per heavy atom. The van der Waals surface area contributed by atoms with E-state index in [2.05, 4.69) is 17.5 Å². The zero-order valence-electron chi connectivity index (χ0n) is 13.9. The molecule has 0 fully saturated rings. The molecule has 4 rings (SSSR count). The number of halogens is 2. The first-order chi connectivity index (χ1) is 12.5. The van der Waals surface area contributed by atoms with Crippen LogP contribution in [0.3, 0.4) is 0 Å². The molecule has 2 aliphatic rings. The van der Waals surface area contributed by atoms with E-state index in [9.17, 15) is 10.1 Å². The van der Waals surface area contributed by atoms with Gasteiger partial charge in [-0.3, -0.25) is 10.1 Å². The minimum Gasteiger partial charge on any atom is -0.490 e. The van der Waals surface area contributed by atoms with Crippen molar-refractivity contribution in [1.29, 1.82) is 0 Å². The van der Waals surface area contributed by atoms with Gasteiger partial charge in [0.15, 0.2) is 5.75 Å². The van der Waals surface area contributed by atoms with E-state index in [1.54, 1.807) is 12.1 Å². The molecule has 3 atom stereocenters. The van der Waals surface area contributed by atoms with Gasteiger partial charge in [0.1, 0.15) is 0 Å². The van der Waals surface area contributed by atoms with Gasteiger partial charge in [0.25, 0.3) is 0 Å². The zero-order chi connectivity index (χ0) is 18.4. The molecule has 0 bridgehead atoms. The highest BCUT2D eigenvalue weighted by atomic mass is 35.5. The number of anilines is 1. The van der Waals surface area contributed by atoms with Crippen molar-refractivity contribution in [2.24, 2.45) is 5.92 Å². The highest BCUT2D eigenvalue weighted by Gasteiger charge is 2.39. The summed E-state index contributed by atoms with van der Waals surface area (Å²) in [6, 6.07) is 8.78. The fourth-order valence-corrected chi connectivity index (χ4v) is 4.36. The second kappa shape index (κ2) is 6.49. The fourth-order valence-electron chi connectivity index (χ4n) is 3.98. The molecule has 0 radical (unpaired) electrons. The molecular formula is C19H16Cl2N2O3. The van der Waals surface area contributed by atoms with Gasteiger partial charge in [-0.15, -0.1) is 0 Å². The third kappa shape index (κ3) is 2.63. The first kappa shape index (κ1) is 17.2. The van der Waals surface area contributed by atoms with E-state index in [4.69, 9.17) is 27.9 Å². The van der Waals surface area contributed by atoms with Crippen LogP contribution >= 0.6 is 23.2 Å². The van der Waals surface area contributed by atoms with Crippen molar-refractivity contribution in [3.05, 3.63) is 73.8 Å². The molecule has 0 aromatic heterocycles. The van der Waals surface area contributed by atoms with Crippen LogP contribution in [0, 0.1) is 16.0 Å². The monoisotopic (exact) mass is 390 g/mol. The van der Waals surface area contributed by atoms with E-state index >= 15 is 0 Å². The van der Waals surface area contributed by atoms with Crippen molar-refractivity contribution < 1.29 is 9.66 Å². The number of nitro groups is 1. The van der Waals surface area contributed by atoms with Gasteiger partial charge in [0.2, 0.25) is 0 Å². The predicted octanol–water partition coefficient (Wildman–Crippen LogP) is 5.74. The van der Waals surface area contributed by atoms with E-state index in [0.717, 1.165) is 23.2 Å². The molecule has 0 saturated carbocycles. The molecule has 1 aliphatic heterocycles. The number of rotatable bonds is 3. The number of fused-ring (bicyclic) bond motifs is 3. The summed E-state index contributed by atoms with van der Waals surface area (Å²) in [6.45, 7) is 0. The predicted molar refractivity (Wildman–Crippen MR) is 102 cm³/mol. The molecule has 134 valence electrons. The molecule has 2 aromatic rings. The Labute approximate surface area is 160 Å². The minimum atomic E-state index is -0.423. The molecule has 0 spiro atoms. The molecule has 1 heterocycles. The summed E-state index contributed by atoms with van der Waals surface area (Å²) in [5.74, 6) is 0.706. The Kier molecular flexibility index (Phi) is 4.29. The summed E-state index contributed by atoms with van der Waals surface area (Å²) in [5, 5.41) is 15.8. The van der Waals surface area contributed by atoms with Crippen LogP contribution in [0.25, 0.3) is 0 Å². The summed E-state index contributed by atoms with van der Waals surface area (Å²) in [6.07, 6.45) is 5.22. The number of methoxy groups -OCH3 is 1. The van der Waals surface area contributed by atoms with E-state index in [1.165, 1.54) is 7.11 Å². The average molecular weight is 391 g/mol. The largest absolute Gasteiger partial charge is 0.490 e. The second-order valence-electron chi connectivity index (χ2n) is 6.49. The molecule has 0 unspecified atom stereocenters. The summed E-state index contributed by atoms with van der Waals surface area (Å²) in [7, 11) is 1.43. The fraction of sp³-hybridized carbons (Fsp3) is 0.263. The van der Waals surface area contributed by atoms with Crippen LogP contribution in [-0.4, -0.2) is 12.0 Å². The number of hydrogen-bond donors (Lipinski definition) is 1. The van der Waals surface area contributed by atoms with Crippen LogP contribution in [0.1, 0.15) is 29.5 Å². The Hall–Kier alpha value is -2.24. The van der Waals surface area contributed by atoms with Gasteiger partial charge < -0.3 is 10.1 Å². The third-order valence-corrected chi connectivity index (χ3v) is 5.99. The van der Waals surface area contributed by atoms with Gasteiger partial charge in [0.05, 0.1) is 33.8 Å². The average Bonchev–Trinajstić information content (AvgIpc) is 3.13. The highest BCUT2D eigenvalue weighted by Crippen LogP contribution is 2.53. The van der Waals surface area contributed by atoms with Crippen LogP contribution < -0.4 is 10.1 Å². The first-order valence-corrected chi connectivity index (χ1v) is 9.00. The van der Waals surface area contributed by atoms with E-state index in [0.29, 0.717) is 10.0 Å². The van der Waals surface area contributed by atoms with E-state index in [1.807, 2.05) is 18.2 Å². The first-order valence-electron chi connectivity index (χ1n) is 8.24. The summed E-state index contributed by atoms with van der Waals surface area (Å²) < 4.78 is 5.11. The van der Waals surface area contributed by atoms with Crippen LogP contribution in [0.5, 0.6) is 5.75 Å². The number of ether oxygens (including phenoxy) is 1. The number of allylic oxidation sites excluding steroid dienone is 2. The Morgan fingerprint density at radius 3 is 2.81 bits per heavy atom. The quantitative estimate of drug-likeness (QED) is 0.412. The number of nitrogens with zero attached hydrogens (tertiary/aromatic N) is 1. The molecule has 26 heavy (non-hydrogen) atoms. The topological polar surface area (TPSA) is 64.4 Å². The normalized spacial score (nSPS) is 23.1. The highest BCUT2D eigenvalue weighted by molar-refractivity contribution is 6.43. The maximum absolute atomic E-state index is 11.4. The lowest BCUT2D eigenvalue weighted by molar-refractivity contribution is -0.385. The van der Waals surface area contributed by atoms with E-state index in [-0.39, 0.29) is 29.3 Å². The summed E-state index contributed by atoms with van der Waals surface area (Å²) in [4.78, 5) is 11.0. The number of hydrogen-bond acceptors (Lipinski definition) is 4. The SMILES string of the molecule is COc1ccc([C@H]2Nc3c(ccc(Cl)c3Cl)[C@H]3C=CC[C@@H]32)cc1[N+](=O)[O-]. The number of nitrogens with one attached hydrogen (secondary N) is 1. The molecule has 1 N–H and O–H groups in total. The van der Waals surface area contributed by atoms with Gasteiger partial charge in [0, 0.05) is 12.0 Å². The van der Waals surface area contributed by atoms with Crippen molar-refractivity contribution in [1.82, 2.24) is 0 Å². The molecule has 0 saturated heterocycles. The Morgan fingerprint density at radius 2 is 2.08 bits per heavy atom. The van der Waals surface area contributed by atoms with Crippen LogP contribution in [0.4, 0.5) is 11.4 Å². The van der Waals surface area contributed by atoms with Crippen molar-refractivity contribution in [2.45, 2.75) is 18.4 Å².